The number of nitrogens with one attached hydrogen (secondary N) is 4. The first kappa shape index (κ1) is 20.2. The number of hydrogen-bond acceptors (Lipinski definition) is 9. The average Bonchev–Trinajstić information content (AvgIpc) is 2.70. The van der Waals surface area contributed by atoms with E-state index in [-0.39, 0.29) is 17.4 Å². The second-order valence-corrected chi connectivity index (χ2v) is 6.69. The standard InChI is InChI=1S/C19H24N8O2/c20-8-9-23-27-13-5-3-4-12(10-13)24-18-14(17(21)29)11-22-19(26-18)25-15-6-1-2-7-16(15)28/h3-5,8-11,15-16,20,27-28H,1-2,6-7H2,(H2,21,29)(H2,22,24,25,26)/b20-8?,23-9-/t15-,16+/m1/s1. The monoisotopic (exact) mass is 396 g/mol. The van der Waals surface area contributed by atoms with Crippen molar-refractivity contribution < 1.29 is 9.90 Å². The Labute approximate surface area is 168 Å². The number of carbonyl (C=O) groups excluding carboxylic acids is 1. The van der Waals surface area contributed by atoms with Crippen molar-refractivity contribution in [2.24, 2.45) is 10.8 Å². The van der Waals surface area contributed by atoms with Gasteiger partial charge >= 0.3 is 0 Å². The van der Waals surface area contributed by atoms with Crippen molar-refractivity contribution in [1.29, 1.82) is 5.41 Å². The molecule has 1 aliphatic rings. The molecular formula is C19H24N8O2. The van der Waals surface area contributed by atoms with Crippen LogP contribution in [0.15, 0.2) is 35.6 Å². The van der Waals surface area contributed by atoms with Crippen LogP contribution in [0.4, 0.5) is 23.1 Å². The van der Waals surface area contributed by atoms with E-state index in [2.05, 4.69) is 31.1 Å². The third-order valence-electron chi connectivity index (χ3n) is 4.57. The summed E-state index contributed by atoms with van der Waals surface area (Å²) < 4.78 is 0. The second kappa shape index (κ2) is 9.60. The maximum Gasteiger partial charge on any atom is 0.254 e. The number of nitrogens with zero attached hydrogens (tertiary/aromatic N) is 3. The summed E-state index contributed by atoms with van der Waals surface area (Å²) in [6.07, 6.45) is 6.88. The molecule has 0 saturated heterocycles. The van der Waals surface area contributed by atoms with Gasteiger partial charge in [0.25, 0.3) is 5.91 Å². The van der Waals surface area contributed by atoms with Crippen molar-refractivity contribution in [2.75, 3.05) is 16.1 Å². The number of anilines is 4. The second-order valence-electron chi connectivity index (χ2n) is 6.69. The van der Waals surface area contributed by atoms with Crippen LogP contribution in [0.1, 0.15) is 36.0 Å². The Hall–Kier alpha value is -3.53. The van der Waals surface area contributed by atoms with Crippen molar-refractivity contribution in [3.8, 4) is 0 Å². The number of nitrogens with two attached hydrogens (primary N) is 1. The van der Waals surface area contributed by atoms with E-state index in [1.54, 1.807) is 24.3 Å². The lowest BCUT2D eigenvalue weighted by atomic mass is 9.93. The molecule has 0 bridgehead atoms. The van der Waals surface area contributed by atoms with Crippen LogP contribution < -0.4 is 21.8 Å². The summed E-state index contributed by atoms with van der Waals surface area (Å²) in [5.41, 5.74) is 9.75. The summed E-state index contributed by atoms with van der Waals surface area (Å²) in [5, 5.41) is 27.2. The molecular weight excluding hydrogens is 372 g/mol. The Kier molecular flexibility index (Phi) is 6.69. The Morgan fingerprint density at radius 3 is 2.86 bits per heavy atom. The van der Waals surface area contributed by atoms with Crippen LogP contribution in [0.25, 0.3) is 0 Å². The molecule has 0 aliphatic heterocycles. The number of hydrazone groups is 1. The van der Waals surface area contributed by atoms with Crippen LogP contribution in [-0.2, 0) is 0 Å². The molecule has 3 rings (SSSR count). The molecule has 152 valence electrons. The average molecular weight is 396 g/mol. The van der Waals surface area contributed by atoms with E-state index in [9.17, 15) is 9.90 Å². The van der Waals surface area contributed by atoms with E-state index in [1.165, 1.54) is 12.4 Å². The highest BCUT2D eigenvalue weighted by molar-refractivity contribution is 6.14. The van der Waals surface area contributed by atoms with E-state index in [4.69, 9.17) is 11.1 Å². The van der Waals surface area contributed by atoms with Crippen molar-refractivity contribution >= 4 is 41.5 Å². The molecule has 29 heavy (non-hydrogen) atoms. The van der Waals surface area contributed by atoms with Gasteiger partial charge < -0.3 is 26.9 Å². The van der Waals surface area contributed by atoms with Gasteiger partial charge in [0.05, 0.1) is 24.0 Å². The summed E-state index contributed by atoms with van der Waals surface area (Å²) in [6, 6.07) is 7.05. The van der Waals surface area contributed by atoms with Crippen LogP contribution in [0.2, 0.25) is 0 Å². The first-order valence-corrected chi connectivity index (χ1v) is 9.33. The SMILES string of the molecule is N=C/C=N\Nc1cccc(Nc2nc(N[C@@H]3CCCC[C@@H]3O)ncc2C(N)=O)c1. The van der Waals surface area contributed by atoms with Crippen LogP contribution in [0, 0.1) is 5.41 Å². The predicted molar refractivity (Wildman–Crippen MR) is 113 cm³/mol. The molecule has 0 unspecified atom stereocenters. The van der Waals surface area contributed by atoms with E-state index in [1.807, 2.05) is 0 Å². The summed E-state index contributed by atoms with van der Waals surface area (Å²) in [5.74, 6) is -0.0737. The Morgan fingerprint density at radius 1 is 1.31 bits per heavy atom. The predicted octanol–water partition coefficient (Wildman–Crippen LogP) is 2.08. The lowest BCUT2D eigenvalue weighted by molar-refractivity contribution is 0.1000. The van der Waals surface area contributed by atoms with E-state index >= 15 is 0 Å². The zero-order valence-corrected chi connectivity index (χ0v) is 15.8. The van der Waals surface area contributed by atoms with Gasteiger partial charge in [-0.1, -0.05) is 18.9 Å². The van der Waals surface area contributed by atoms with E-state index < -0.39 is 12.0 Å². The highest BCUT2D eigenvalue weighted by atomic mass is 16.3. The summed E-state index contributed by atoms with van der Waals surface area (Å²) in [6.45, 7) is 0. The normalized spacial score (nSPS) is 18.9. The van der Waals surface area contributed by atoms with E-state index in [0.29, 0.717) is 17.3 Å². The molecule has 2 atom stereocenters. The number of hydrogen-bond donors (Lipinski definition) is 6. The van der Waals surface area contributed by atoms with Crippen LogP contribution in [-0.4, -0.2) is 45.6 Å². The maximum atomic E-state index is 11.8. The number of aliphatic hydroxyl groups is 1. The quantitative estimate of drug-likeness (QED) is 0.294. The maximum absolute atomic E-state index is 11.8. The summed E-state index contributed by atoms with van der Waals surface area (Å²) >= 11 is 0. The minimum absolute atomic E-state index is 0.129. The molecule has 1 aliphatic carbocycles. The highest BCUT2D eigenvalue weighted by Gasteiger charge is 2.24. The smallest absolute Gasteiger partial charge is 0.254 e. The van der Waals surface area contributed by atoms with Crippen LogP contribution in [0.5, 0.6) is 0 Å². The lowest BCUT2D eigenvalue weighted by Crippen LogP contribution is -2.37. The number of aromatic nitrogens is 2. The van der Waals surface area contributed by atoms with Gasteiger partial charge in [-0.15, -0.1) is 0 Å². The number of amides is 1. The summed E-state index contributed by atoms with van der Waals surface area (Å²) in [7, 11) is 0. The Bertz CT molecular complexity index is 902. The van der Waals surface area contributed by atoms with Crippen molar-refractivity contribution in [2.45, 2.75) is 37.8 Å². The fourth-order valence-corrected chi connectivity index (χ4v) is 3.12. The zero-order chi connectivity index (χ0) is 20.6. The number of aliphatic hydroxyl groups excluding tert-OH is 1. The minimum atomic E-state index is -0.651. The molecule has 1 aromatic heterocycles. The van der Waals surface area contributed by atoms with Gasteiger partial charge in [-0.25, -0.2) is 4.98 Å². The minimum Gasteiger partial charge on any atom is -0.391 e. The van der Waals surface area contributed by atoms with Crippen LogP contribution in [0.3, 0.4) is 0 Å². The fourth-order valence-electron chi connectivity index (χ4n) is 3.12. The van der Waals surface area contributed by atoms with Crippen LogP contribution >= 0.6 is 0 Å². The van der Waals surface area contributed by atoms with Crippen molar-refractivity contribution in [1.82, 2.24) is 9.97 Å². The first-order chi connectivity index (χ1) is 14.1. The topological polar surface area (TPSA) is 161 Å². The Morgan fingerprint density at radius 2 is 2.10 bits per heavy atom. The molecule has 10 heteroatoms. The van der Waals surface area contributed by atoms with Gasteiger partial charge in [-0.3, -0.25) is 10.2 Å². The van der Waals surface area contributed by atoms with Gasteiger partial charge in [-0.05, 0) is 31.0 Å². The molecule has 1 heterocycles. The van der Waals surface area contributed by atoms with Crippen molar-refractivity contribution in [3.05, 3.63) is 36.0 Å². The molecule has 1 amide bonds. The molecule has 1 aromatic carbocycles. The van der Waals surface area contributed by atoms with Gasteiger partial charge in [-0.2, -0.15) is 10.1 Å². The number of carbonyl (C=O) groups is 1. The molecule has 1 fully saturated rings. The molecule has 1 saturated carbocycles. The Balaban J connectivity index is 1.81. The van der Waals surface area contributed by atoms with Crippen molar-refractivity contribution in [3.63, 3.8) is 0 Å². The first-order valence-electron chi connectivity index (χ1n) is 9.33. The van der Waals surface area contributed by atoms with Gasteiger partial charge in [0.15, 0.2) is 0 Å². The lowest BCUT2D eigenvalue weighted by Gasteiger charge is -2.28. The highest BCUT2D eigenvalue weighted by Crippen LogP contribution is 2.24. The number of rotatable bonds is 8. The van der Waals surface area contributed by atoms with Gasteiger partial charge in [0, 0.05) is 18.1 Å². The van der Waals surface area contributed by atoms with E-state index in [0.717, 1.165) is 31.9 Å². The third-order valence-corrected chi connectivity index (χ3v) is 4.57. The largest absolute Gasteiger partial charge is 0.391 e. The summed E-state index contributed by atoms with van der Waals surface area (Å²) in [4.78, 5) is 20.4. The molecule has 2 aromatic rings. The molecule has 0 radical (unpaired) electrons. The molecule has 0 spiro atoms. The number of benzene rings is 1. The zero-order valence-electron chi connectivity index (χ0n) is 15.8. The fraction of sp³-hybridized carbons (Fsp3) is 0.316. The molecule has 10 nitrogen and oxygen atoms in total. The van der Waals surface area contributed by atoms with Gasteiger partial charge in [0.1, 0.15) is 11.4 Å². The number of primary amides is 1. The van der Waals surface area contributed by atoms with Gasteiger partial charge in [0.2, 0.25) is 5.95 Å². The third kappa shape index (κ3) is 5.48. The molecule has 7 N–H and O–H groups in total.